The van der Waals surface area contributed by atoms with Crippen LogP contribution in [0.25, 0.3) is 0 Å². The molecular weight excluding hydrogens is 194 g/mol. The Morgan fingerprint density at radius 2 is 2.00 bits per heavy atom. The minimum absolute atomic E-state index is 0.337. The Hall–Kier alpha value is -0.870. The van der Waals surface area contributed by atoms with Gasteiger partial charge in [0, 0.05) is 18.7 Å². The third-order valence-electron chi connectivity index (χ3n) is 2.05. The van der Waals surface area contributed by atoms with Crippen LogP contribution in [0.2, 0.25) is 0 Å². The summed E-state index contributed by atoms with van der Waals surface area (Å²) in [5, 5.41) is 18.3. The molecule has 0 aromatic rings. The van der Waals surface area contributed by atoms with Crippen LogP contribution in [0.5, 0.6) is 0 Å². The van der Waals surface area contributed by atoms with Crippen molar-refractivity contribution in [1.29, 1.82) is 0 Å². The van der Waals surface area contributed by atoms with E-state index in [-0.39, 0.29) is 0 Å². The molecule has 0 aliphatic carbocycles. The Bertz CT molecular complexity index is 241. The number of rotatable bonds is 6. The average molecular weight is 215 g/mol. The summed E-state index contributed by atoms with van der Waals surface area (Å²) in [6, 6.07) is 0. The lowest BCUT2D eigenvalue weighted by molar-refractivity contribution is -0.132. The Balaban J connectivity index is 4.23. The van der Waals surface area contributed by atoms with Crippen molar-refractivity contribution in [2.45, 2.75) is 33.3 Å². The van der Waals surface area contributed by atoms with E-state index in [1.165, 1.54) is 0 Å². The fraction of sp³-hybridized carbons (Fsp3) is 0.727. The SMILES string of the molecule is CCN(CC=C(C)C(=O)O)CC(C)(C)O. The van der Waals surface area contributed by atoms with Crippen molar-refractivity contribution < 1.29 is 15.0 Å². The van der Waals surface area contributed by atoms with E-state index in [0.717, 1.165) is 6.54 Å². The summed E-state index contributed by atoms with van der Waals surface area (Å²) < 4.78 is 0. The second kappa shape index (κ2) is 5.88. The van der Waals surface area contributed by atoms with Gasteiger partial charge in [-0.1, -0.05) is 13.0 Å². The van der Waals surface area contributed by atoms with Gasteiger partial charge in [-0.2, -0.15) is 0 Å². The van der Waals surface area contributed by atoms with E-state index in [9.17, 15) is 9.90 Å². The predicted molar refractivity (Wildman–Crippen MR) is 59.8 cm³/mol. The molecule has 2 N–H and O–H groups in total. The van der Waals surface area contributed by atoms with Gasteiger partial charge < -0.3 is 10.2 Å². The standard InChI is InChI=1S/C11H21NO3/c1-5-12(8-11(3,4)15)7-6-9(2)10(13)14/h6,15H,5,7-8H2,1-4H3,(H,13,14). The minimum Gasteiger partial charge on any atom is -0.478 e. The highest BCUT2D eigenvalue weighted by Gasteiger charge is 2.16. The summed E-state index contributed by atoms with van der Waals surface area (Å²) in [5.74, 6) is -0.894. The first-order valence-electron chi connectivity index (χ1n) is 5.11. The van der Waals surface area contributed by atoms with Crippen LogP contribution in [0.1, 0.15) is 27.7 Å². The first kappa shape index (κ1) is 14.1. The number of carboxylic acids is 1. The molecule has 0 heterocycles. The van der Waals surface area contributed by atoms with Crippen LogP contribution in [0.15, 0.2) is 11.6 Å². The highest BCUT2D eigenvalue weighted by atomic mass is 16.4. The van der Waals surface area contributed by atoms with E-state index in [1.54, 1.807) is 26.8 Å². The molecule has 0 radical (unpaired) electrons. The number of likely N-dealkylation sites (N-methyl/N-ethyl adjacent to an activating group) is 1. The van der Waals surface area contributed by atoms with Crippen molar-refractivity contribution in [2.75, 3.05) is 19.6 Å². The Morgan fingerprint density at radius 3 is 2.33 bits per heavy atom. The van der Waals surface area contributed by atoms with Crippen LogP contribution in [0, 0.1) is 0 Å². The number of nitrogens with zero attached hydrogens (tertiary/aromatic N) is 1. The third kappa shape index (κ3) is 7.11. The molecule has 0 saturated heterocycles. The molecule has 0 bridgehead atoms. The quantitative estimate of drug-likeness (QED) is 0.652. The van der Waals surface area contributed by atoms with Crippen molar-refractivity contribution in [3.63, 3.8) is 0 Å². The molecule has 0 aromatic heterocycles. The molecule has 0 aromatic carbocycles. The highest BCUT2D eigenvalue weighted by Crippen LogP contribution is 2.05. The van der Waals surface area contributed by atoms with Gasteiger partial charge in [-0.25, -0.2) is 4.79 Å². The second-order valence-corrected chi connectivity index (χ2v) is 4.33. The van der Waals surface area contributed by atoms with Crippen LogP contribution < -0.4 is 0 Å². The number of carboxylic acid groups (broad SMARTS) is 1. The highest BCUT2D eigenvalue weighted by molar-refractivity contribution is 5.85. The van der Waals surface area contributed by atoms with Gasteiger partial charge in [-0.05, 0) is 27.3 Å². The Morgan fingerprint density at radius 1 is 1.47 bits per heavy atom. The summed E-state index contributed by atoms with van der Waals surface area (Å²) >= 11 is 0. The monoisotopic (exact) mass is 215 g/mol. The maximum atomic E-state index is 10.5. The van der Waals surface area contributed by atoms with Gasteiger partial charge in [0.05, 0.1) is 5.60 Å². The number of hydrogen-bond donors (Lipinski definition) is 2. The first-order chi connectivity index (χ1) is 6.76. The van der Waals surface area contributed by atoms with Crippen LogP contribution in [0.3, 0.4) is 0 Å². The van der Waals surface area contributed by atoms with Gasteiger partial charge in [-0.3, -0.25) is 4.90 Å². The average Bonchev–Trinajstić information content (AvgIpc) is 2.09. The van der Waals surface area contributed by atoms with E-state index < -0.39 is 11.6 Å². The third-order valence-corrected chi connectivity index (χ3v) is 2.05. The topological polar surface area (TPSA) is 60.8 Å². The van der Waals surface area contributed by atoms with Crippen molar-refractivity contribution in [3.8, 4) is 0 Å². The van der Waals surface area contributed by atoms with Gasteiger partial charge in [-0.15, -0.1) is 0 Å². The number of aliphatic hydroxyl groups is 1. The number of aliphatic carboxylic acids is 1. The fourth-order valence-electron chi connectivity index (χ4n) is 1.21. The molecule has 0 unspecified atom stereocenters. The molecule has 4 heteroatoms. The van der Waals surface area contributed by atoms with Crippen LogP contribution in [-0.4, -0.2) is 46.3 Å². The summed E-state index contributed by atoms with van der Waals surface area (Å²) in [7, 11) is 0. The predicted octanol–water partition coefficient (Wildman–Crippen LogP) is 1.11. The molecule has 0 amide bonds. The van der Waals surface area contributed by atoms with E-state index in [2.05, 4.69) is 0 Å². The van der Waals surface area contributed by atoms with Crippen LogP contribution in [0.4, 0.5) is 0 Å². The van der Waals surface area contributed by atoms with Gasteiger partial charge in [0.15, 0.2) is 0 Å². The fourth-order valence-corrected chi connectivity index (χ4v) is 1.21. The zero-order chi connectivity index (χ0) is 12.1. The molecule has 0 atom stereocenters. The molecule has 0 aliphatic heterocycles. The minimum atomic E-state index is -0.894. The zero-order valence-corrected chi connectivity index (χ0v) is 9.95. The summed E-state index contributed by atoms with van der Waals surface area (Å²) in [5.41, 5.74) is -0.412. The molecule has 0 fully saturated rings. The van der Waals surface area contributed by atoms with Gasteiger partial charge in [0.25, 0.3) is 0 Å². The summed E-state index contributed by atoms with van der Waals surface area (Å²) in [6.07, 6.45) is 1.66. The van der Waals surface area contributed by atoms with Gasteiger partial charge >= 0.3 is 5.97 Å². The van der Waals surface area contributed by atoms with Crippen molar-refractivity contribution in [2.24, 2.45) is 0 Å². The maximum absolute atomic E-state index is 10.5. The Labute approximate surface area is 91.2 Å². The first-order valence-corrected chi connectivity index (χ1v) is 5.11. The van der Waals surface area contributed by atoms with Crippen molar-refractivity contribution >= 4 is 5.97 Å². The molecule has 0 spiro atoms. The summed E-state index contributed by atoms with van der Waals surface area (Å²) in [6.45, 7) is 8.90. The number of hydrogen-bond acceptors (Lipinski definition) is 3. The van der Waals surface area contributed by atoms with E-state index in [1.807, 2.05) is 11.8 Å². The lowest BCUT2D eigenvalue weighted by Gasteiger charge is -2.26. The zero-order valence-electron chi connectivity index (χ0n) is 9.95. The van der Waals surface area contributed by atoms with Crippen molar-refractivity contribution in [3.05, 3.63) is 11.6 Å². The van der Waals surface area contributed by atoms with Crippen molar-refractivity contribution in [1.82, 2.24) is 4.90 Å². The molecule has 88 valence electrons. The molecule has 4 nitrogen and oxygen atoms in total. The van der Waals surface area contributed by atoms with E-state index in [4.69, 9.17) is 5.11 Å². The lowest BCUT2D eigenvalue weighted by atomic mass is 10.1. The van der Waals surface area contributed by atoms with Crippen LogP contribution in [-0.2, 0) is 4.79 Å². The normalized spacial score (nSPS) is 13.3. The molecular formula is C11H21NO3. The molecule has 0 aliphatic rings. The van der Waals surface area contributed by atoms with Crippen LogP contribution >= 0.6 is 0 Å². The van der Waals surface area contributed by atoms with E-state index >= 15 is 0 Å². The van der Waals surface area contributed by atoms with Gasteiger partial charge in [0.1, 0.15) is 0 Å². The van der Waals surface area contributed by atoms with E-state index in [0.29, 0.717) is 18.7 Å². The van der Waals surface area contributed by atoms with Gasteiger partial charge in [0.2, 0.25) is 0 Å². The Kier molecular flexibility index (Phi) is 5.54. The lowest BCUT2D eigenvalue weighted by Crippen LogP contribution is -2.38. The smallest absolute Gasteiger partial charge is 0.330 e. The maximum Gasteiger partial charge on any atom is 0.330 e. The number of carbonyl (C=O) groups is 1. The molecule has 0 saturated carbocycles. The molecule has 0 rings (SSSR count). The molecule has 15 heavy (non-hydrogen) atoms. The second-order valence-electron chi connectivity index (χ2n) is 4.33. The summed E-state index contributed by atoms with van der Waals surface area (Å²) in [4.78, 5) is 12.5. The largest absolute Gasteiger partial charge is 0.478 e.